The van der Waals surface area contributed by atoms with Crippen LogP contribution in [0, 0.1) is 0 Å². The normalized spacial score (nSPS) is 14.3. The summed E-state index contributed by atoms with van der Waals surface area (Å²) >= 11 is 0. The minimum absolute atomic E-state index is 0.653. The Labute approximate surface area is 58.2 Å². The van der Waals surface area contributed by atoms with Crippen LogP contribution in [-0.4, -0.2) is 38.6 Å². The molecule has 0 heterocycles. The molecule has 9 heavy (non-hydrogen) atoms. The summed E-state index contributed by atoms with van der Waals surface area (Å²) in [5.74, 6) is 0. The standard InChI is InChI=1S/C7H18N2/c1-5-7(8-2)6-9(3)4/h7-8H,5-6H2,1-4H3. The van der Waals surface area contributed by atoms with Gasteiger partial charge in [0.2, 0.25) is 0 Å². The van der Waals surface area contributed by atoms with Crippen molar-refractivity contribution in [1.29, 1.82) is 0 Å². The van der Waals surface area contributed by atoms with E-state index < -0.39 is 0 Å². The van der Waals surface area contributed by atoms with E-state index in [2.05, 4.69) is 31.2 Å². The Balaban J connectivity index is 3.31. The minimum Gasteiger partial charge on any atom is -0.316 e. The molecule has 0 aliphatic carbocycles. The number of hydrogen-bond donors (Lipinski definition) is 1. The van der Waals surface area contributed by atoms with Crippen molar-refractivity contribution in [3.05, 3.63) is 0 Å². The topological polar surface area (TPSA) is 15.3 Å². The van der Waals surface area contributed by atoms with Crippen LogP contribution in [0.25, 0.3) is 0 Å². The summed E-state index contributed by atoms with van der Waals surface area (Å²) in [6, 6.07) is 0.653. The smallest absolute Gasteiger partial charge is 0.0189 e. The van der Waals surface area contributed by atoms with Crippen molar-refractivity contribution < 1.29 is 0 Å². The third-order valence-electron chi connectivity index (χ3n) is 1.49. The molecule has 0 spiro atoms. The predicted molar refractivity (Wildman–Crippen MR) is 41.7 cm³/mol. The third kappa shape index (κ3) is 4.43. The van der Waals surface area contributed by atoms with Gasteiger partial charge in [-0.2, -0.15) is 0 Å². The van der Waals surface area contributed by atoms with E-state index in [1.165, 1.54) is 6.42 Å². The van der Waals surface area contributed by atoms with E-state index >= 15 is 0 Å². The van der Waals surface area contributed by atoms with E-state index in [1.807, 2.05) is 7.05 Å². The highest BCUT2D eigenvalue weighted by atomic mass is 15.1. The van der Waals surface area contributed by atoms with Gasteiger partial charge >= 0.3 is 0 Å². The average Bonchev–Trinajstić information content (AvgIpc) is 1.82. The van der Waals surface area contributed by atoms with E-state index in [9.17, 15) is 0 Å². The molecule has 0 radical (unpaired) electrons. The van der Waals surface area contributed by atoms with Crippen LogP contribution in [-0.2, 0) is 0 Å². The first-order valence-corrected chi connectivity index (χ1v) is 3.52. The number of likely N-dealkylation sites (N-methyl/N-ethyl adjacent to an activating group) is 2. The van der Waals surface area contributed by atoms with Crippen molar-refractivity contribution in [2.24, 2.45) is 0 Å². The Morgan fingerprint density at radius 2 is 2.00 bits per heavy atom. The van der Waals surface area contributed by atoms with Crippen LogP contribution in [0.3, 0.4) is 0 Å². The molecule has 0 saturated heterocycles. The Hall–Kier alpha value is -0.0800. The van der Waals surface area contributed by atoms with Gasteiger partial charge in [0.25, 0.3) is 0 Å². The van der Waals surface area contributed by atoms with E-state index in [-0.39, 0.29) is 0 Å². The average molecular weight is 130 g/mol. The summed E-state index contributed by atoms with van der Waals surface area (Å²) in [5, 5.41) is 3.24. The van der Waals surface area contributed by atoms with Crippen molar-refractivity contribution in [1.82, 2.24) is 10.2 Å². The number of hydrogen-bond acceptors (Lipinski definition) is 2. The van der Waals surface area contributed by atoms with Gasteiger partial charge in [-0.05, 0) is 27.6 Å². The Kier molecular flexibility index (Phi) is 4.72. The monoisotopic (exact) mass is 130 g/mol. The molecule has 0 aromatic heterocycles. The van der Waals surface area contributed by atoms with Gasteiger partial charge in [-0.25, -0.2) is 0 Å². The first-order valence-electron chi connectivity index (χ1n) is 3.52. The Morgan fingerprint density at radius 1 is 1.44 bits per heavy atom. The van der Waals surface area contributed by atoms with Crippen LogP contribution in [0.4, 0.5) is 0 Å². The van der Waals surface area contributed by atoms with Crippen LogP contribution >= 0.6 is 0 Å². The van der Waals surface area contributed by atoms with Gasteiger partial charge in [0.15, 0.2) is 0 Å². The van der Waals surface area contributed by atoms with Crippen LogP contribution in [0.1, 0.15) is 13.3 Å². The Morgan fingerprint density at radius 3 is 2.11 bits per heavy atom. The van der Waals surface area contributed by atoms with Crippen LogP contribution in [0.15, 0.2) is 0 Å². The molecule has 0 amide bonds. The first kappa shape index (κ1) is 8.92. The van der Waals surface area contributed by atoms with Crippen LogP contribution < -0.4 is 5.32 Å². The fraction of sp³-hybridized carbons (Fsp3) is 1.00. The lowest BCUT2D eigenvalue weighted by molar-refractivity contribution is 0.343. The molecule has 0 aromatic rings. The molecule has 0 aromatic carbocycles. The highest BCUT2D eigenvalue weighted by Gasteiger charge is 2.01. The Bertz CT molecular complexity index is 57.9. The van der Waals surface area contributed by atoms with Crippen molar-refractivity contribution in [3.8, 4) is 0 Å². The van der Waals surface area contributed by atoms with Gasteiger partial charge in [0.1, 0.15) is 0 Å². The maximum absolute atomic E-state index is 3.24. The second kappa shape index (κ2) is 4.77. The van der Waals surface area contributed by atoms with E-state index in [4.69, 9.17) is 0 Å². The summed E-state index contributed by atoms with van der Waals surface area (Å²) in [4.78, 5) is 2.20. The van der Waals surface area contributed by atoms with Gasteiger partial charge < -0.3 is 10.2 Å². The van der Waals surface area contributed by atoms with E-state index in [0.717, 1.165) is 6.54 Å². The molecule has 1 unspecified atom stereocenters. The van der Waals surface area contributed by atoms with Gasteiger partial charge in [-0.3, -0.25) is 0 Å². The van der Waals surface area contributed by atoms with Crippen molar-refractivity contribution in [2.45, 2.75) is 19.4 Å². The molecule has 0 fully saturated rings. The van der Waals surface area contributed by atoms with Crippen molar-refractivity contribution >= 4 is 0 Å². The largest absolute Gasteiger partial charge is 0.316 e. The predicted octanol–water partition coefficient (Wildman–Crippen LogP) is 0.546. The molecular weight excluding hydrogens is 112 g/mol. The van der Waals surface area contributed by atoms with Crippen molar-refractivity contribution in [3.63, 3.8) is 0 Å². The second-order valence-electron chi connectivity index (χ2n) is 2.66. The fourth-order valence-electron chi connectivity index (χ4n) is 0.865. The highest BCUT2D eigenvalue weighted by molar-refractivity contribution is 4.63. The molecular formula is C7H18N2. The van der Waals surface area contributed by atoms with Crippen LogP contribution in [0.2, 0.25) is 0 Å². The maximum atomic E-state index is 3.24. The summed E-state index contributed by atoms with van der Waals surface area (Å²) < 4.78 is 0. The SMILES string of the molecule is CCC(CN(C)C)NC. The lowest BCUT2D eigenvalue weighted by atomic mass is 10.2. The zero-order valence-corrected chi connectivity index (χ0v) is 6.94. The van der Waals surface area contributed by atoms with E-state index in [1.54, 1.807) is 0 Å². The van der Waals surface area contributed by atoms with Gasteiger partial charge in [-0.15, -0.1) is 0 Å². The number of nitrogens with zero attached hydrogens (tertiary/aromatic N) is 1. The molecule has 0 rings (SSSR count). The van der Waals surface area contributed by atoms with Gasteiger partial charge in [0, 0.05) is 12.6 Å². The van der Waals surface area contributed by atoms with E-state index in [0.29, 0.717) is 6.04 Å². The van der Waals surface area contributed by atoms with Crippen LogP contribution in [0.5, 0.6) is 0 Å². The zero-order chi connectivity index (χ0) is 7.28. The molecule has 0 aliphatic rings. The molecule has 56 valence electrons. The second-order valence-corrected chi connectivity index (χ2v) is 2.66. The first-order chi connectivity index (χ1) is 4.20. The summed E-state index contributed by atoms with van der Waals surface area (Å²) in [5.41, 5.74) is 0. The molecule has 0 bridgehead atoms. The fourth-order valence-corrected chi connectivity index (χ4v) is 0.865. The van der Waals surface area contributed by atoms with Gasteiger partial charge in [0.05, 0.1) is 0 Å². The number of nitrogens with one attached hydrogen (secondary N) is 1. The lowest BCUT2D eigenvalue weighted by Gasteiger charge is -2.18. The van der Waals surface area contributed by atoms with Crippen molar-refractivity contribution in [2.75, 3.05) is 27.7 Å². The summed E-state index contributed by atoms with van der Waals surface area (Å²) in [7, 11) is 6.21. The minimum atomic E-state index is 0.653. The third-order valence-corrected chi connectivity index (χ3v) is 1.49. The molecule has 0 aliphatic heterocycles. The summed E-state index contributed by atoms with van der Waals surface area (Å²) in [6.07, 6.45) is 1.20. The van der Waals surface area contributed by atoms with Gasteiger partial charge in [-0.1, -0.05) is 6.92 Å². The maximum Gasteiger partial charge on any atom is 0.0189 e. The zero-order valence-electron chi connectivity index (χ0n) is 6.94. The highest BCUT2D eigenvalue weighted by Crippen LogP contribution is 1.89. The molecule has 2 heteroatoms. The molecule has 2 nitrogen and oxygen atoms in total. The number of rotatable bonds is 4. The quantitative estimate of drug-likeness (QED) is 0.597. The lowest BCUT2D eigenvalue weighted by Crippen LogP contribution is -2.35. The molecule has 1 N–H and O–H groups in total. The summed E-state index contributed by atoms with van der Waals surface area (Å²) in [6.45, 7) is 3.33. The molecule has 0 saturated carbocycles. The molecule has 1 atom stereocenters.